The molecule has 0 radical (unpaired) electrons. The predicted molar refractivity (Wildman–Crippen MR) is 127 cm³/mol. The Morgan fingerprint density at radius 2 is 1.91 bits per heavy atom. The molecule has 2 heterocycles. The lowest BCUT2D eigenvalue weighted by Crippen LogP contribution is -2.41. The minimum Gasteiger partial charge on any atom is -0.497 e. The van der Waals surface area contributed by atoms with E-state index in [2.05, 4.69) is 51.4 Å². The number of rotatable bonds is 7. The number of benzene rings is 2. The standard InChI is InChI=1S/C25H28N4O2S/c1-18-5-3-8-22(15-18)32-25-23(26-11-12-27-25)29-13-9-20(10-14-29)24(30)28-17-19-6-4-7-21(16-19)31-2/h3-8,11-12,15-16,20H,9-10,13-14,17H2,1-2H3,(H,28,30). The fourth-order valence-corrected chi connectivity index (χ4v) is 4.87. The van der Waals surface area contributed by atoms with Crippen LogP contribution >= 0.6 is 11.8 Å². The Kier molecular flexibility index (Phi) is 7.27. The van der Waals surface area contributed by atoms with Gasteiger partial charge in [0.05, 0.1) is 7.11 Å². The van der Waals surface area contributed by atoms with Crippen molar-refractivity contribution < 1.29 is 9.53 Å². The van der Waals surface area contributed by atoms with Crippen LogP contribution in [0.15, 0.2) is 70.8 Å². The summed E-state index contributed by atoms with van der Waals surface area (Å²) in [6.45, 7) is 4.18. The third-order valence-corrected chi connectivity index (χ3v) is 6.59. The number of piperidine rings is 1. The third kappa shape index (κ3) is 5.59. The van der Waals surface area contributed by atoms with Crippen LogP contribution in [0.1, 0.15) is 24.0 Å². The molecule has 6 nitrogen and oxygen atoms in total. The Bertz CT molecular complexity index is 1070. The van der Waals surface area contributed by atoms with E-state index in [0.717, 1.165) is 53.0 Å². The van der Waals surface area contributed by atoms with Gasteiger partial charge >= 0.3 is 0 Å². The summed E-state index contributed by atoms with van der Waals surface area (Å²) in [5, 5.41) is 3.98. The predicted octanol–water partition coefficient (Wildman–Crippen LogP) is 4.48. The zero-order valence-corrected chi connectivity index (χ0v) is 19.3. The summed E-state index contributed by atoms with van der Waals surface area (Å²) >= 11 is 1.63. The number of aromatic nitrogens is 2. The van der Waals surface area contributed by atoms with E-state index in [0.29, 0.717) is 6.54 Å². The van der Waals surface area contributed by atoms with Crippen LogP contribution in [0.3, 0.4) is 0 Å². The highest BCUT2D eigenvalue weighted by Gasteiger charge is 2.27. The van der Waals surface area contributed by atoms with Crippen molar-refractivity contribution in [3.63, 3.8) is 0 Å². The van der Waals surface area contributed by atoms with Gasteiger partial charge < -0.3 is 15.0 Å². The molecular formula is C25H28N4O2S. The lowest BCUT2D eigenvalue weighted by molar-refractivity contribution is -0.125. The number of nitrogens with one attached hydrogen (secondary N) is 1. The van der Waals surface area contributed by atoms with Gasteiger partial charge in [-0.15, -0.1) is 0 Å². The van der Waals surface area contributed by atoms with Crippen LogP contribution in [0, 0.1) is 12.8 Å². The Balaban J connectivity index is 1.34. The van der Waals surface area contributed by atoms with E-state index in [1.807, 2.05) is 24.3 Å². The lowest BCUT2D eigenvalue weighted by Gasteiger charge is -2.32. The first-order valence-corrected chi connectivity index (χ1v) is 11.6. The average molecular weight is 449 g/mol. The number of ether oxygens (including phenoxy) is 1. The van der Waals surface area contributed by atoms with Crippen LogP contribution < -0.4 is 15.0 Å². The van der Waals surface area contributed by atoms with Crippen molar-refractivity contribution in [2.45, 2.75) is 36.2 Å². The van der Waals surface area contributed by atoms with Gasteiger partial charge in [-0.3, -0.25) is 4.79 Å². The molecule has 1 saturated heterocycles. The molecule has 3 aromatic rings. The lowest BCUT2D eigenvalue weighted by atomic mass is 9.96. The molecule has 0 aliphatic carbocycles. The highest BCUT2D eigenvalue weighted by atomic mass is 32.2. The minimum absolute atomic E-state index is 0.0152. The number of methoxy groups -OCH3 is 1. The maximum atomic E-state index is 12.7. The highest BCUT2D eigenvalue weighted by Crippen LogP contribution is 2.34. The second-order valence-electron chi connectivity index (χ2n) is 7.93. The van der Waals surface area contributed by atoms with Crippen molar-refractivity contribution in [2.75, 3.05) is 25.1 Å². The Morgan fingerprint density at radius 1 is 1.12 bits per heavy atom. The number of hydrogen-bond acceptors (Lipinski definition) is 6. The molecule has 1 N–H and O–H groups in total. The maximum Gasteiger partial charge on any atom is 0.223 e. The van der Waals surface area contributed by atoms with Crippen molar-refractivity contribution in [2.24, 2.45) is 5.92 Å². The number of aryl methyl sites for hydroxylation is 1. The van der Waals surface area contributed by atoms with E-state index in [-0.39, 0.29) is 11.8 Å². The molecule has 1 fully saturated rings. The van der Waals surface area contributed by atoms with Crippen molar-refractivity contribution in [3.05, 3.63) is 72.1 Å². The normalized spacial score (nSPS) is 14.2. The number of nitrogens with zero attached hydrogens (tertiary/aromatic N) is 3. The molecular weight excluding hydrogens is 420 g/mol. The zero-order valence-electron chi connectivity index (χ0n) is 18.5. The number of amides is 1. The SMILES string of the molecule is COc1cccc(CNC(=O)C2CCN(c3nccnc3Sc3cccc(C)c3)CC2)c1. The molecule has 166 valence electrons. The number of anilines is 1. The van der Waals surface area contributed by atoms with Crippen LogP contribution in [-0.4, -0.2) is 36.1 Å². The molecule has 1 aliphatic rings. The third-order valence-electron chi connectivity index (χ3n) is 5.62. The van der Waals surface area contributed by atoms with Crippen LogP contribution in [0.2, 0.25) is 0 Å². The van der Waals surface area contributed by atoms with Gasteiger partial charge in [0.1, 0.15) is 10.8 Å². The zero-order chi connectivity index (χ0) is 22.3. The molecule has 2 aromatic carbocycles. The summed E-state index contributed by atoms with van der Waals surface area (Å²) in [5.74, 6) is 1.82. The molecule has 32 heavy (non-hydrogen) atoms. The van der Waals surface area contributed by atoms with Crippen molar-refractivity contribution in [1.82, 2.24) is 15.3 Å². The molecule has 1 aliphatic heterocycles. The van der Waals surface area contributed by atoms with Gasteiger partial charge in [0.2, 0.25) is 5.91 Å². The molecule has 0 saturated carbocycles. The van der Waals surface area contributed by atoms with Crippen molar-refractivity contribution in [1.29, 1.82) is 0 Å². The summed E-state index contributed by atoms with van der Waals surface area (Å²) in [6.07, 6.45) is 5.08. The Hall–Kier alpha value is -3.06. The second kappa shape index (κ2) is 10.5. The molecule has 1 aromatic heterocycles. The summed E-state index contributed by atoms with van der Waals surface area (Å²) in [6, 6.07) is 16.2. The quantitative estimate of drug-likeness (QED) is 0.575. The molecule has 7 heteroatoms. The average Bonchev–Trinajstić information content (AvgIpc) is 2.83. The van der Waals surface area contributed by atoms with Crippen molar-refractivity contribution >= 4 is 23.5 Å². The number of carbonyl (C=O) groups is 1. The van der Waals surface area contributed by atoms with E-state index in [1.54, 1.807) is 31.3 Å². The molecule has 0 atom stereocenters. The van der Waals surface area contributed by atoms with E-state index >= 15 is 0 Å². The van der Waals surface area contributed by atoms with Crippen molar-refractivity contribution in [3.8, 4) is 5.75 Å². The van der Waals surface area contributed by atoms with Gasteiger partial charge in [-0.1, -0.05) is 41.6 Å². The van der Waals surface area contributed by atoms with Crippen LogP contribution in [0.5, 0.6) is 5.75 Å². The van der Waals surface area contributed by atoms with Gasteiger partial charge in [0, 0.05) is 42.8 Å². The largest absolute Gasteiger partial charge is 0.497 e. The smallest absolute Gasteiger partial charge is 0.223 e. The molecule has 4 rings (SSSR count). The molecule has 0 spiro atoms. The fraction of sp³-hybridized carbons (Fsp3) is 0.320. The first-order valence-electron chi connectivity index (χ1n) is 10.8. The first-order chi connectivity index (χ1) is 15.6. The number of carbonyl (C=O) groups excluding carboxylic acids is 1. The summed E-state index contributed by atoms with van der Waals surface area (Å²) in [7, 11) is 1.65. The highest BCUT2D eigenvalue weighted by molar-refractivity contribution is 7.99. The topological polar surface area (TPSA) is 67.3 Å². The maximum absolute atomic E-state index is 12.7. The fourth-order valence-electron chi connectivity index (χ4n) is 3.87. The van der Waals surface area contributed by atoms with Gasteiger partial charge in [-0.25, -0.2) is 9.97 Å². The van der Waals surface area contributed by atoms with Crippen LogP contribution in [0.25, 0.3) is 0 Å². The molecule has 1 amide bonds. The summed E-state index contributed by atoms with van der Waals surface area (Å²) < 4.78 is 5.25. The van der Waals surface area contributed by atoms with Gasteiger partial charge in [-0.2, -0.15) is 0 Å². The van der Waals surface area contributed by atoms with E-state index < -0.39 is 0 Å². The first kappa shape index (κ1) is 22.1. The Morgan fingerprint density at radius 3 is 2.69 bits per heavy atom. The number of hydrogen-bond donors (Lipinski definition) is 1. The van der Waals surface area contributed by atoms with Crippen LogP contribution in [-0.2, 0) is 11.3 Å². The van der Waals surface area contributed by atoms with Gasteiger partial charge in [0.15, 0.2) is 5.82 Å². The summed E-state index contributed by atoms with van der Waals surface area (Å²) in [5.41, 5.74) is 2.26. The monoisotopic (exact) mass is 448 g/mol. The minimum atomic E-state index is 0.0152. The second-order valence-corrected chi connectivity index (χ2v) is 9.00. The van der Waals surface area contributed by atoms with Gasteiger partial charge in [-0.05, 0) is 49.6 Å². The van der Waals surface area contributed by atoms with Crippen LogP contribution in [0.4, 0.5) is 5.82 Å². The van der Waals surface area contributed by atoms with E-state index in [9.17, 15) is 4.79 Å². The summed E-state index contributed by atoms with van der Waals surface area (Å²) in [4.78, 5) is 25.3. The molecule has 0 bridgehead atoms. The van der Waals surface area contributed by atoms with E-state index in [1.165, 1.54) is 5.56 Å². The Labute approximate surface area is 193 Å². The van der Waals surface area contributed by atoms with E-state index in [4.69, 9.17) is 4.74 Å². The molecule has 0 unspecified atom stereocenters. The van der Waals surface area contributed by atoms with Gasteiger partial charge in [0.25, 0.3) is 0 Å².